The first-order valence-electron chi connectivity index (χ1n) is 9.93. The number of ether oxygens (including phenoxy) is 2. The summed E-state index contributed by atoms with van der Waals surface area (Å²) in [7, 11) is 3.23. The first-order valence-corrected chi connectivity index (χ1v) is 11.8. The van der Waals surface area contributed by atoms with Gasteiger partial charge in [-0.15, -0.1) is 23.1 Å². The summed E-state index contributed by atoms with van der Waals surface area (Å²) in [5.74, 6) is 2.46. The average Bonchev–Trinajstić information content (AvgIpc) is 3.05. The zero-order valence-corrected chi connectivity index (χ0v) is 20.0. The van der Waals surface area contributed by atoms with Gasteiger partial charge in [-0.2, -0.15) is 0 Å². The van der Waals surface area contributed by atoms with Gasteiger partial charge < -0.3 is 19.8 Å². The second-order valence-electron chi connectivity index (χ2n) is 7.15. The van der Waals surface area contributed by atoms with Crippen molar-refractivity contribution in [2.75, 3.05) is 20.8 Å². The van der Waals surface area contributed by atoms with Crippen LogP contribution in [0.2, 0.25) is 0 Å². The van der Waals surface area contributed by atoms with Crippen molar-refractivity contribution in [2.24, 2.45) is 0 Å². The molecule has 0 radical (unpaired) electrons. The highest BCUT2D eigenvalue weighted by Crippen LogP contribution is 2.27. The minimum Gasteiger partial charge on any atom is -0.497 e. The van der Waals surface area contributed by atoms with Crippen molar-refractivity contribution >= 4 is 39.2 Å². The van der Waals surface area contributed by atoms with Gasteiger partial charge in [0.05, 0.1) is 30.6 Å². The predicted molar refractivity (Wildman–Crippen MR) is 127 cm³/mol. The van der Waals surface area contributed by atoms with Crippen molar-refractivity contribution in [2.45, 2.75) is 38.2 Å². The Kier molecular flexibility index (Phi) is 7.61. The van der Waals surface area contributed by atoms with E-state index in [1.165, 1.54) is 23.1 Å². The van der Waals surface area contributed by atoms with Crippen LogP contribution in [0.3, 0.4) is 0 Å². The van der Waals surface area contributed by atoms with Crippen LogP contribution in [0, 0.1) is 13.8 Å². The van der Waals surface area contributed by atoms with E-state index >= 15 is 0 Å². The van der Waals surface area contributed by atoms with Gasteiger partial charge in [-0.25, -0.2) is 4.98 Å². The summed E-state index contributed by atoms with van der Waals surface area (Å²) in [5.41, 5.74) is 1.86. The molecule has 0 aliphatic heterocycles. The zero-order valence-electron chi connectivity index (χ0n) is 18.3. The maximum atomic E-state index is 12.5. The van der Waals surface area contributed by atoms with Gasteiger partial charge in [0, 0.05) is 17.5 Å². The standard InChI is InChI=1S/C22H27N3O4S2/c1-12-13(2)31-22-19(12)21(27)24-18(25-22)11-30-14(3)20(26)23-9-8-15-6-7-16(28-4)10-17(15)29-5/h6-7,10,14H,8-9,11H2,1-5H3,(H,23,26)(H,24,25,27). The summed E-state index contributed by atoms with van der Waals surface area (Å²) in [6.45, 7) is 6.28. The number of hydrogen-bond acceptors (Lipinski definition) is 7. The number of thioether (sulfide) groups is 1. The smallest absolute Gasteiger partial charge is 0.259 e. The van der Waals surface area contributed by atoms with E-state index in [0.29, 0.717) is 29.9 Å². The molecule has 1 amide bonds. The van der Waals surface area contributed by atoms with E-state index in [1.54, 1.807) is 14.2 Å². The first kappa shape index (κ1) is 23.1. The Labute approximate surface area is 189 Å². The Balaban J connectivity index is 1.53. The number of thiophene rings is 1. The third-order valence-electron chi connectivity index (χ3n) is 5.12. The SMILES string of the molecule is COc1ccc(CCNC(=O)C(C)SCc2nc3sc(C)c(C)c3c(=O)[nH]2)c(OC)c1. The Morgan fingerprint density at radius 2 is 2.06 bits per heavy atom. The fourth-order valence-electron chi connectivity index (χ4n) is 3.17. The minimum atomic E-state index is -0.273. The van der Waals surface area contributed by atoms with E-state index in [1.807, 2.05) is 39.0 Å². The van der Waals surface area contributed by atoms with Gasteiger partial charge in [0.1, 0.15) is 22.2 Å². The lowest BCUT2D eigenvalue weighted by atomic mass is 10.1. The van der Waals surface area contributed by atoms with Crippen molar-refractivity contribution in [1.82, 2.24) is 15.3 Å². The van der Waals surface area contributed by atoms with E-state index in [9.17, 15) is 9.59 Å². The summed E-state index contributed by atoms with van der Waals surface area (Å²) in [6, 6.07) is 5.64. The second kappa shape index (κ2) is 10.2. The Morgan fingerprint density at radius 1 is 1.29 bits per heavy atom. The van der Waals surface area contributed by atoms with Crippen molar-refractivity contribution in [3.63, 3.8) is 0 Å². The quantitative estimate of drug-likeness (QED) is 0.506. The van der Waals surface area contributed by atoms with Crippen LogP contribution in [0.5, 0.6) is 11.5 Å². The van der Waals surface area contributed by atoms with Crippen LogP contribution < -0.4 is 20.3 Å². The van der Waals surface area contributed by atoms with Crippen LogP contribution in [-0.4, -0.2) is 41.9 Å². The molecule has 9 heteroatoms. The Hall–Kier alpha value is -2.52. The van der Waals surface area contributed by atoms with Crippen molar-refractivity contribution in [3.8, 4) is 11.5 Å². The van der Waals surface area contributed by atoms with E-state index in [2.05, 4.69) is 15.3 Å². The Bertz CT molecular complexity index is 1140. The molecule has 1 aromatic carbocycles. The number of H-pyrrole nitrogens is 1. The number of hydrogen-bond donors (Lipinski definition) is 2. The lowest BCUT2D eigenvalue weighted by molar-refractivity contribution is -0.120. The third-order valence-corrected chi connectivity index (χ3v) is 7.37. The molecule has 1 unspecified atom stereocenters. The van der Waals surface area contributed by atoms with Crippen LogP contribution in [0.4, 0.5) is 0 Å². The minimum absolute atomic E-state index is 0.0521. The molecule has 0 fully saturated rings. The van der Waals surface area contributed by atoms with Gasteiger partial charge in [0.2, 0.25) is 5.91 Å². The molecule has 0 saturated carbocycles. The number of aryl methyl sites for hydroxylation is 2. The fourth-order valence-corrected chi connectivity index (χ4v) is 5.00. The number of methoxy groups -OCH3 is 2. The van der Waals surface area contributed by atoms with E-state index in [-0.39, 0.29) is 16.7 Å². The highest BCUT2D eigenvalue weighted by molar-refractivity contribution is 7.99. The van der Waals surface area contributed by atoms with Gasteiger partial charge in [0.15, 0.2) is 0 Å². The van der Waals surface area contributed by atoms with Crippen LogP contribution in [-0.2, 0) is 17.0 Å². The lowest BCUT2D eigenvalue weighted by Crippen LogP contribution is -2.32. The van der Waals surface area contributed by atoms with Gasteiger partial charge in [-0.1, -0.05) is 6.07 Å². The average molecular weight is 462 g/mol. The van der Waals surface area contributed by atoms with Crippen LogP contribution >= 0.6 is 23.1 Å². The predicted octanol–water partition coefficient (Wildman–Crippen LogP) is 3.60. The van der Waals surface area contributed by atoms with Gasteiger partial charge >= 0.3 is 0 Å². The highest BCUT2D eigenvalue weighted by atomic mass is 32.2. The normalized spacial score (nSPS) is 12.0. The molecule has 166 valence electrons. The molecule has 31 heavy (non-hydrogen) atoms. The lowest BCUT2D eigenvalue weighted by Gasteiger charge is -2.13. The number of rotatable bonds is 9. The summed E-state index contributed by atoms with van der Waals surface area (Å²) in [5, 5.41) is 3.35. The molecule has 3 rings (SSSR count). The Morgan fingerprint density at radius 3 is 2.77 bits per heavy atom. The summed E-state index contributed by atoms with van der Waals surface area (Å²) in [4.78, 5) is 34.1. The highest BCUT2D eigenvalue weighted by Gasteiger charge is 2.16. The number of nitrogens with one attached hydrogen (secondary N) is 2. The number of carbonyl (C=O) groups is 1. The topological polar surface area (TPSA) is 93.3 Å². The first-order chi connectivity index (χ1) is 14.8. The van der Waals surface area contributed by atoms with Crippen molar-refractivity contribution in [3.05, 3.63) is 50.4 Å². The molecular weight excluding hydrogens is 434 g/mol. The molecule has 1 atom stereocenters. The number of nitrogens with zero attached hydrogens (tertiary/aromatic N) is 1. The molecule has 2 aromatic heterocycles. The maximum Gasteiger partial charge on any atom is 0.259 e. The van der Waals surface area contributed by atoms with Gasteiger partial charge in [0.25, 0.3) is 5.56 Å². The molecule has 2 N–H and O–H groups in total. The maximum absolute atomic E-state index is 12.5. The molecule has 0 aliphatic rings. The van der Waals surface area contributed by atoms with Gasteiger partial charge in [-0.05, 0) is 44.4 Å². The molecule has 3 aromatic rings. The van der Waals surface area contributed by atoms with Crippen LogP contribution in [0.15, 0.2) is 23.0 Å². The molecule has 0 saturated heterocycles. The van der Waals surface area contributed by atoms with E-state index in [0.717, 1.165) is 32.3 Å². The number of amides is 1. The molecule has 0 aliphatic carbocycles. The van der Waals surface area contributed by atoms with Crippen LogP contribution in [0.1, 0.15) is 28.8 Å². The number of aromatic amines is 1. The molecule has 0 spiro atoms. The van der Waals surface area contributed by atoms with Gasteiger partial charge in [-0.3, -0.25) is 9.59 Å². The van der Waals surface area contributed by atoms with E-state index < -0.39 is 0 Å². The van der Waals surface area contributed by atoms with Crippen molar-refractivity contribution < 1.29 is 14.3 Å². The zero-order chi connectivity index (χ0) is 22.5. The number of carbonyl (C=O) groups excluding carboxylic acids is 1. The monoisotopic (exact) mass is 461 g/mol. The molecular formula is C22H27N3O4S2. The number of aromatic nitrogens is 2. The molecule has 7 nitrogen and oxygen atoms in total. The second-order valence-corrected chi connectivity index (χ2v) is 9.68. The molecule has 2 heterocycles. The molecule has 0 bridgehead atoms. The fraction of sp³-hybridized carbons (Fsp3) is 0.409. The third kappa shape index (κ3) is 5.40. The number of fused-ring (bicyclic) bond motifs is 1. The number of benzene rings is 1. The summed E-state index contributed by atoms with van der Waals surface area (Å²) >= 11 is 2.97. The van der Waals surface area contributed by atoms with E-state index in [4.69, 9.17) is 9.47 Å². The van der Waals surface area contributed by atoms with Crippen molar-refractivity contribution in [1.29, 1.82) is 0 Å². The largest absolute Gasteiger partial charge is 0.497 e. The summed E-state index contributed by atoms with van der Waals surface area (Å²) < 4.78 is 10.6. The summed E-state index contributed by atoms with van der Waals surface area (Å²) in [6.07, 6.45) is 0.652. The van der Waals surface area contributed by atoms with Crippen LogP contribution in [0.25, 0.3) is 10.2 Å².